The standard InChI is InChI=1S/C24H28N2O5S/c1-3-30-23(28)20-18-11-12-26(24(29)31-4-2)14-19(18)32-22(20)25-21(27)17-10-9-15-7-5-6-8-16(15)13-17/h9-10,13H,3-8,11-12,14H2,1-2H3,(H,25,27). The summed E-state index contributed by atoms with van der Waals surface area (Å²) in [6, 6.07) is 5.84. The second-order valence-electron chi connectivity index (χ2n) is 7.94. The molecule has 7 nitrogen and oxygen atoms in total. The maximum atomic E-state index is 13.1. The Labute approximate surface area is 191 Å². The molecule has 2 amide bonds. The van der Waals surface area contributed by atoms with Crippen LogP contribution < -0.4 is 5.32 Å². The third-order valence-corrected chi connectivity index (χ3v) is 7.03. The zero-order valence-electron chi connectivity index (χ0n) is 18.5. The van der Waals surface area contributed by atoms with Crippen molar-refractivity contribution in [3.63, 3.8) is 0 Å². The van der Waals surface area contributed by atoms with Gasteiger partial charge in [0.25, 0.3) is 5.91 Å². The summed E-state index contributed by atoms with van der Waals surface area (Å²) in [4.78, 5) is 40.5. The van der Waals surface area contributed by atoms with Crippen LogP contribution in [0.15, 0.2) is 18.2 Å². The minimum Gasteiger partial charge on any atom is -0.462 e. The largest absolute Gasteiger partial charge is 0.462 e. The molecule has 1 N–H and O–H groups in total. The van der Waals surface area contributed by atoms with Crippen LogP contribution in [-0.4, -0.2) is 42.6 Å². The summed E-state index contributed by atoms with van der Waals surface area (Å²) in [6.45, 7) is 4.88. The molecule has 170 valence electrons. The quantitative estimate of drug-likeness (QED) is 0.666. The predicted octanol–water partition coefficient (Wildman–Crippen LogP) is 4.57. The predicted molar refractivity (Wildman–Crippen MR) is 122 cm³/mol. The van der Waals surface area contributed by atoms with Crippen molar-refractivity contribution in [3.05, 3.63) is 50.9 Å². The van der Waals surface area contributed by atoms with Crippen molar-refractivity contribution < 1.29 is 23.9 Å². The molecule has 1 aliphatic carbocycles. The summed E-state index contributed by atoms with van der Waals surface area (Å²) in [5, 5.41) is 3.42. The maximum Gasteiger partial charge on any atom is 0.410 e. The molecule has 1 aromatic carbocycles. The lowest BCUT2D eigenvalue weighted by molar-refractivity contribution is 0.0526. The van der Waals surface area contributed by atoms with Crippen molar-refractivity contribution in [1.29, 1.82) is 0 Å². The Kier molecular flexibility index (Phi) is 6.79. The number of hydrogen-bond acceptors (Lipinski definition) is 6. The Morgan fingerprint density at radius 2 is 1.78 bits per heavy atom. The fraction of sp³-hybridized carbons (Fsp3) is 0.458. The molecule has 2 heterocycles. The van der Waals surface area contributed by atoms with Gasteiger partial charge in [-0.15, -0.1) is 11.3 Å². The van der Waals surface area contributed by atoms with E-state index in [4.69, 9.17) is 9.47 Å². The molecule has 8 heteroatoms. The van der Waals surface area contributed by atoms with Crippen molar-refractivity contribution >= 4 is 34.3 Å². The van der Waals surface area contributed by atoms with Crippen LogP contribution in [0.3, 0.4) is 0 Å². The van der Waals surface area contributed by atoms with E-state index in [1.807, 2.05) is 18.2 Å². The summed E-state index contributed by atoms with van der Waals surface area (Å²) in [7, 11) is 0. The molecular formula is C24H28N2O5S. The fourth-order valence-electron chi connectivity index (χ4n) is 4.33. The van der Waals surface area contributed by atoms with Crippen molar-refractivity contribution in [1.82, 2.24) is 4.90 Å². The SMILES string of the molecule is CCOC(=O)c1c(NC(=O)c2ccc3c(c2)CCCC3)sc2c1CCN(C(=O)OCC)C2. The van der Waals surface area contributed by atoms with Crippen molar-refractivity contribution in [2.75, 3.05) is 25.1 Å². The Bertz CT molecular complexity index is 1050. The smallest absolute Gasteiger partial charge is 0.410 e. The van der Waals surface area contributed by atoms with Crippen LogP contribution in [0.1, 0.15) is 69.0 Å². The van der Waals surface area contributed by atoms with Crippen molar-refractivity contribution in [2.45, 2.75) is 52.5 Å². The lowest BCUT2D eigenvalue weighted by Gasteiger charge is -2.26. The third-order valence-electron chi connectivity index (χ3n) is 5.90. The number of benzene rings is 1. The number of fused-ring (bicyclic) bond motifs is 2. The Balaban J connectivity index is 1.61. The molecule has 1 aromatic heterocycles. The number of hydrogen-bond donors (Lipinski definition) is 1. The number of anilines is 1. The van der Waals surface area contributed by atoms with Crippen LogP contribution in [0.2, 0.25) is 0 Å². The molecule has 0 fully saturated rings. The highest BCUT2D eigenvalue weighted by atomic mass is 32.1. The Morgan fingerprint density at radius 1 is 1.03 bits per heavy atom. The minimum absolute atomic E-state index is 0.246. The number of aryl methyl sites for hydroxylation is 2. The molecule has 0 spiro atoms. The summed E-state index contributed by atoms with van der Waals surface area (Å²) in [6.07, 6.45) is 4.50. The zero-order valence-corrected chi connectivity index (χ0v) is 19.3. The molecule has 0 radical (unpaired) electrons. The van der Waals surface area contributed by atoms with E-state index in [1.54, 1.807) is 18.7 Å². The second kappa shape index (κ2) is 9.73. The zero-order chi connectivity index (χ0) is 22.7. The molecule has 32 heavy (non-hydrogen) atoms. The monoisotopic (exact) mass is 456 g/mol. The van der Waals surface area contributed by atoms with Crippen LogP contribution in [0.5, 0.6) is 0 Å². The van der Waals surface area contributed by atoms with Crippen LogP contribution in [-0.2, 0) is 35.3 Å². The second-order valence-corrected chi connectivity index (χ2v) is 9.05. The Hall–Kier alpha value is -2.87. The molecular weight excluding hydrogens is 428 g/mol. The average Bonchev–Trinajstić information content (AvgIpc) is 3.16. The number of ether oxygens (including phenoxy) is 2. The average molecular weight is 457 g/mol. The lowest BCUT2D eigenvalue weighted by Crippen LogP contribution is -2.36. The first-order valence-corrected chi connectivity index (χ1v) is 12.0. The number of carbonyl (C=O) groups excluding carboxylic acids is 3. The fourth-order valence-corrected chi connectivity index (χ4v) is 5.58. The van der Waals surface area contributed by atoms with E-state index in [0.717, 1.165) is 29.7 Å². The highest BCUT2D eigenvalue weighted by Gasteiger charge is 2.31. The van der Waals surface area contributed by atoms with E-state index in [2.05, 4.69) is 5.32 Å². The Morgan fingerprint density at radius 3 is 2.53 bits per heavy atom. The number of esters is 1. The van der Waals surface area contributed by atoms with Gasteiger partial charge < -0.3 is 19.7 Å². The first kappa shape index (κ1) is 22.3. The van der Waals surface area contributed by atoms with E-state index in [-0.39, 0.29) is 18.6 Å². The number of thiophene rings is 1. The highest BCUT2D eigenvalue weighted by Crippen LogP contribution is 2.38. The molecule has 0 saturated carbocycles. The molecule has 0 saturated heterocycles. The van der Waals surface area contributed by atoms with Crippen molar-refractivity contribution in [3.8, 4) is 0 Å². The van der Waals surface area contributed by atoms with E-state index in [0.29, 0.717) is 42.2 Å². The van der Waals surface area contributed by atoms with E-state index in [1.165, 1.54) is 28.9 Å². The van der Waals surface area contributed by atoms with Crippen LogP contribution >= 0.6 is 11.3 Å². The van der Waals surface area contributed by atoms with Gasteiger partial charge in [0.2, 0.25) is 0 Å². The summed E-state index contributed by atoms with van der Waals surface area (Å²) >= 11 is 1.32. The molecule has 2 aliphatic rings. The van der Waals surface area contributed by atoms with Crippen LogP contribution in [0.25, 0.3) is 0 Å². The van der Waals surface area contributed by atoms with Gasteiger partial charge >= 0.3 is 12.1 Å². The first-order chi connectivity index (χ1) is 15.5. The van der Waals surface area contributed by atoms with Gasteiger partial charge in [-0.25, -0.2) is 9.59 Å². The minimum atomic E-state index is -0.449. The van der Waals surface area contributed by atoms with Gasteiger partial charge in [0.05, 0.1) is 25.3 Å². The summed E-state index contributed by atoms with van der Waals surface area (Å²) in [5.41, 5.74) is 4.37. The van der Waals surface area contributed by atoms with E-state index in [9.17, 15) is 14.4 Å². The first-order valence-electron chi connectivity index (χ1n) is 11.2. The number of nitrogens with zero attached hydrogens (tertiary/aromatic N) is 1. The number of nitrogens with one attached hydrogen (secondary N) is 1. The number of amides is 2. The van der Waals surface area contributed by atoms with Gasteiger partial charge in [-0.1, -0.05) is 6.07 Å². The summed E-state index contributed by atoms with van der Waals surface area (Å²) in [5.74, 6) is -0.694. The summed E-state index contributed by atoms with van der Waals surface area (Å²) < 4.78 is 10.4. The van der Waals surface area contributed by atoms with E-state index >= 15 is 0 Å². The van der Waals surface area contributed by atoms with Gasteiger partial charge in [0, 0.05) is 17.0 Å². The van der Waals surface area contributed by atoms with Gasteiger partial charge in [-0.05, 0) is 74.8 Å². The lowest BCUT2D eigenvalue weighted by atomic mass is 9.90. The van der Waals surface area contributed by atoms with Crippen LogP contribution in [0.4, 0.5) is 9.80 Å². The molecule has 0 bridgehead atoms. The van der Waals surface area contributed by atoms with Crippen molar-refractivity contribution in [2.24, 2.45) is 0 Å². The van der Waals surface area contributed by atoms with Crippen LogP contribution in [0, 0.1) is 0 Å². The number of carbonyl (C=O) groups is 3. The topological polar surface area (TPSA) is 84.9 Å². The molecule has 0 unspecified atom stereocenters. The van der Waals surface area contributed by atoms with Gasteiger partial charge in [-0.2, -0.15) is 0 Å². The van der Waals surface area contributed by atoms with Gasteiger partial charge in [-0.3, -0.25) is 4.79 Å². The van der Waals surface area contributed by atoms with Gasteiger partial charge in [0.15, 0.2) is 0 Å². The van der Waals surface area contributed by atoms with Gasteiger partial charge in [0.1, 0.15) is 5.00 Å². The molecule has 1 aliphatic heterocycles. The highest BCUT2D eigenvalue weighted by molar-refractivity contribution is 7.17. The molecule has 0 atom stereocenters. The number of rotatable bonds is 5. The third kappa shape index (κ3) is 4.50. The van der Waals surface area contributed by atoms with E-state index < -0.39 is 5.97 Å². The molecule has 2 aromatic rings. The normalized spacial score (nSPS) is 14.9. The maximum absolute atomic E-state index is 13.1. The molecule has 4 rings (SSSR count).